The molecule has 0 aliphatic carbocycles. The highest BCUT2D eigenvalue weighted by molar-refractivity contribution is 5.33. The van der Waals surface area contributed by atoms with Crippen LogP contribution in [0.1, 0.15) is 44.4 Å². The molecule has 0 unspecified atom stereocenters. The lowest BCUT2D eigenvalue weighted by atomic mass is 9.72. The summed E-state index contributed by atoms with van der Waals surface area (Å²) in [5.74, 6) is 0. The first-order valence-corrected chi connectivity index (χ1v) is 10.6. The lowest BCUT2D eigenvalue weighted by Crippen LogP contribution is -2.72. The van der Waals surface area contributed by atoms with E-state index in [9.17, 15) is 0 Å². The number of benzene rings is 2. The Balaban J connectivity index is 1.61. The molecule has 0 spiro atoms. The zero-order chi connectivity index (χ0) is 19.6. The summed E-state index contributed by atoms with van der Waals surface area (Å²) in [6.07, 6.45) is 1.23. The predicted octanol–water partition coefficient (Wildman–Crippen LogP) is 4.60. The number of nitrogens with zero attached hydrogens (tertiary/aromatic N) is 2. The van der Waals surface area contributed by atoms with E-state index in [1.165, 1.54) is 17.5 Å². The minimum absolute atomic E-state index is 0.268. The molecule has 2 aliphatic heterocycles. The summed E-state index contributed by atoms with van der Waals surface area (Å²) in [5.41, 5.74) is 3.36. The predicted molar refractivity (Wildman–Crippen MR) is 115 cm³/mol. The molecule has 150 valence electrons. The minimum Gasteiger partial charge on any atom is -0.379 e. The van der Waals surface area contributed by atoms with E-state index in [0.29, 0.717) is 11.5 Å². The lowest BCUT2D eigenvalue weighted by Gasteiger charge is -2.60. The monoisotopic (exact) mass is 378 g/mol. The van der Waals surface area contributed by atoms with Crippen LogP contribution < -0.4 is 0 Å². The number of likely N-dealkylation sites (tertiary alicyclic amines) is 1. The fraction of sp³-hybridized carbons (Fsp3) is 0.520. The van der Waals surface area contributed by atoms with Crippen LogP contribution in [-0.4, -0.2) is 54.7 Å². The average Bonchev–Trinajstić information content (AvgIpc) is 2.67. The van der Waals surface area contributed by atoms with Gasteiger partial charge in [-0.25, -0.2) is 0 Å². The van der Waals surface area contributed by atoms with Crippen molar-refractivity contribution >= 4 is 0 Å². The van der Waals surface area contributed by atoms with Gasteiger partial charge in [0, 0.05) is 31.7 Å². The Kier molecular flexibility index (Phi) is 5.59. The van der Waals surface area contributed by atoms with Crippen molar-refractivity contribution in [3.63, 3.8) is 0 Å². The van der Waals surface area contributed by atoms with Crippen LogP contribution in [0.4, 0.5) is 0 Å². The lowest BCUT2D eigenvalue weighted by molar-refractivity contribution is -0.119. The molecule has 2 saturated heterocycles. The van der Waals surface area contributed by atoms with Crippen molar-refractivity contribution in [2.24, 2.45) is 5.41 Å². The molecular formula is C25H34N2O. The molecule has 2 aliphatic rings. The molecule has 0 radical (unpaired) electrons. The number of hydrogen-bond acceptors (Lipinski definition) is 3. The van der Waals surface area contributed by atoms with E-state index in [0.717, 1.165) is 39.4 Å². The van der Waals surface area contributed by atoms with Gasteiger partial charge in [0.05, 0.1) is 19.3 Å². The zero-order valence-electron chi connectivity index (χ0n) is 17.6. The van der Waals surface area contributed by atoms with Crippen LogP contribution in [0.25, 0.3) is 0 Å². The summed E-state index contributed by atoms with van der Waals surface area (Å²) in [6, 6.07) is 22.3. The quantitative estimate of drug-likeness (QED) is 0.756. The van der Waals surface area contributed by atoms with Crippen molar-refractivity contribution in [2.45, 2.75) is 38.8 Å². The van der Waals surface area contributed by atoms with E-state index in [-0.39, 0.29) is 5.54 Å². The smallest absolute Gasteiger partial charge is 0.0603 e. The molecule has 2 aromatic carbocycles. The van der Waals surface area contributed by atoms with E-state index in [4.69, 9.17) is 4.74 Å². The standard InChI is InChI=1S/C25H34N2O/c1-24(2,3)18-25(27-14-16-28-17-15-27)19-26(20-25)23(21-10-6-4-7-11-21)22-12-8-5-9-13-22/h4-13,23H,14-20H2,1-3H3. The normalized spacial score (nSPS) is 20.9. The first-order valence-electron chi connectivity index (χ1n) is 10.6. The van der Waals surface area contributed by atoms with Crippen LogP contribution in [-0.2, 0) is 4.74 Å². The van der Waals surface area contributed by atoms with Gasteiger partial charge in [0.2, 0.25) is 0 Å². The SMILES string of the molecule is CC(C)(C)CC1(N2CCOCC2)CN(C(c2ccccc2)c2ccccc2)C1. The maximum absolute atomic E-state index is 5.65. The minimum atomic E-state index is 0.268. The van der Waals surface area contributed by atoms with Crippen LogP contribution >= 0.6 is 0 Å². The third-order valence-electron chi connectivity index (χ3n) is 6.13. The third-order valence-corrected chi connectivity index (χ3v) is 6.13. The van der Waals surface area contributed by atoms with Crippen molar-refractivity contribution in [1.29, 1.82) is 0 Å². The van der Waals surface area contributed by atoms with Gasteiger partial charge in [-0.1, -0.05) is 81.4 Å². The number of ether oxygens (including phenoxy) is 1. The molecule has 0 aromatic heterocycles. The van der Waals surface area contributed by atoms with Gasteiger partial charge in [-0.15, -0.1) is 0 Å². The first kappa shape index (κ1) is 19.6. The first-order chi connectivity index (χ1) is 13.5. The molecule has 0 saturated carbocycles. The van der Waals surface area contributed by atoms with Crippen molar-refractivity contribution in [2.75, 3.05) is 39.4 Å². The average molecular weight is 379 g/mol. The maximum Gasteiger partial charge on any atom is 0.0603 e. The van der Waals surface area contributed by atoms with Gasteiger partial charge < -0.3 is 4.74 Å². The molecule has 0 atom stereocenters. The Labute approximate surface area is 170 Å². The van der Waals surface area contributed by atoms with Crippen LogP contribution in [0.15, 0.2) is 60.7 Å². The van der Waals surface area contributed by atoms with Crippen LogP contribution in [0, 0.1) is 5.41 Å². The molecule has 0 N–H and O–H groups in total. The van der Waals surface area contributed by atoms with E-state index in [1.807, 2.05) is 0 Å². The van der Waals surface area contributed by atoms with Crippen LogP contribution in [0.5, 0.6) is 0 Å². The van der Waals surface area contributed by atoms with Gasteiger partial charge >= 0.3 is 0 Å². The van der Waals surface area contributed by atoms with Crippen LogP contribution in [0.3, 0.4) is 0 Å². The molecule has 28 heavy (non-hydrogen) atoms. The Morgan fingerprint density at radius 3 is 1.82 bits per heavy atom. The number of rotatable bonds is 5. The molecule has 4 rings (SSSR count). The summed E-state index contributed by atoms with van der Waals surface area (Å²) < 4.78 is 5.65. The third kappa shape index (κ3) is 4.17. The molecule has 0 amide bonds. The van der Waals surface area contributed by atoms with E-state index in [1.54, 1.807) is 0 Å². The molecular weight excluding hydrogens is 344 g/mol. The number of hydrogen-bond donors (Lipinski definition) is 0. The van der Waals surface area contributed by atoms with Crippen LogP contribution in [0.2, 0.25) is 0 Å². The molecule has 0 bridgehead atoms. The van der Waals surface area contributed by atoms with Crippen molar-refractivity contribution in [1.82, 2.24) is 9.80 Å². The van der Waals surface area contributed by atoms with E-state index in [2.05, 4.69) is 91.2 Å². The molecule has 2 aromatic rings. The number of morpholine rings is 1. The van der Waals surface area contributed by atoms with Gasteiger partial charge in [0.15, 0.2) is 0 Å². The van der Waals surface area contributed by atoms with Crippen molar-refractivity contribution in [3.05, 3.63) is 71.8 Å². The second-order valence-corrected chi connectivity index (χ2v) is 9.69. The molecule has 2 heterocycles. The second kappa shape index (κ2) is 7.98. The molecule has 2 fully saturated rings. The van der Waals surface area contributed by atoms with E-state index < -0.39 is 0 Å². The van der Waals surface area contributed by atoms with Gasteiger partial charge in [-0.2, -0.15) is 0 Å². The summed E-state index contributed by atoms with van der Waals surface area (Å²) in [4.78, 5) is 5.39. The fourth-order valence-electron chi connectivity index (χ4n) is 5.23. The second-order valence-electron chi connectivity index (χ2n) is 9.69. The maximum atomic E-state index is 5.65. The summed E-state index contributed by atoms with van der Waals surface area (Å²) in [5, 5.41) is 0. The summed E-state index contributed by atoms with van der Waals surface area (Å²) >= 11 is 0. The fourth-order valence-corrected chi connectivity index (χ4v) is 5.23. The van der Waals surface area contributed by atoms with Crippen molar-refractivity contribution in [3.8, 4) is 0 Å². The van der Waals surface area contributed by atoms with Gasteiger partial charge in [-0.05, 0) is 23.0 Å². The summed E-state index contributed by atoms with van der Waals surface area (Å²) in [6.45, 7) is 13.2. The Bertz CT molecular complexity index is 702. The summed E-state index contributed by atoms with van der Waals surface area (Å²) in [7, 11) is 0. The van der Waals surface area contributed by atoms with Gasteiger partial charge in [0.25, 0.3) is 0 Å². The van der Waals surface area contributed by atoms with Crippen molar-refractivity contribution < 1.29 is 4.74 Å². The highest BCUT2D eigenvalue weighted by Gasteiger charge is 2.51. The highest BCUT2D eigenvalue weighted by atomic mass is 16.5. The molecule has 3 nitrogen and oxygen atoms in total. The highest BCUT2D eigenvalue weighted by Crippen LogP contribution is 2.44. The van der Waals surface area contributed by atoms with Gasteiger partial charge in [0.1, 0.15) is 0 Å². The Hall–Kier alpha value is -1.68. The van der Waals surface area contributed by atoms with E-state index >= 15 is 0 Å². The zero-order valence-corrected chi connectivity index (χ0v) is 17.6. The largest absolute Gasteiger partial charge is 0.379 e. The van der Waals surface area contributed by atoms with Gasteiger partial charge in [-0.3, -0.25) is 9.80 Å². The topological polar surface area (TPSA) is 15.7 Å². The molecule has 3 heteroatoms. The Morgan fingerprint density at radius 2 is 1.36 bits per heavy atom. The Morgan fingerprint density at radius 1 is 0.857 bits per heavy atom.